The molecule has 3 aromatic carbocycles. The second-order valence-corrected chi connectivity index (χ2v) is 7.72. The van der Waals surface area contributed by atoms with E-state index < -0.39 is 23.3 Å². The lowest BCUT2D eigenvalue weighted by Crippen LogP contribution is -2.48. The van der Waals surface area contributed by atoms with Crippen molar-refractivity contribution in [2.75, 3.05) is 7.11 Å². The molecule has 0 fully saturated rings. The molecule has 0 aliphatic heterocycles. The van der Waals surface area contributed by atoms with Crippen LogP contribution in [-0.4, -0.2) is 24.5 Å². The average Bonchev–Trinajstić information content (AvgIpc) is 2.78. The number of halogens is 3. The summed E-state index contributed by atoms with van der Waals surface area (Å²) in [6.45, 7) is 0. The maximum atomic E-state index is 16.6. The van der Waals surface area contributed by atoms with Gasteiger partial charge < -0.3 is 4.74 Å². The molecule has 0 N–H and O–H groups in total. The summed E-state index contributed by atoms with van der Waals surface area (Å²) in [5.41, 5.74) is -1.93. The van der Waals surface area contributed by atoms with E-state index in [0.717, 1.165) is 7.11 Å². The molecule has 3 nitrogen and oxygen atoms in total. The summed E-state index contributed by atoms with van der Waals surface area (Å²) in [6, 6.07) is 21.1. The largest absolute Gasteiger partial charge is 0.466 e. The number of allylic oxidation sites excluding steroid dienone is 1. The van der Waals surface area contributed by atoms with E-state index in [1.54, 1.807) is 66.7 Å². The molecule has 0 heterocycles. The van der Waals surface area contributed by atoms with Crippen molar-refractivity contribution in [2.24, 2.45) is 0 Å². The van der Waals surface area contributed by atoms with E-state index in [1.165, 1.54) is 24.3 Å². The van der Waals surface area contributed by atoms with Gasteiger partial charge in [0.15, 0.2) is 0 Å². The van der Waals surface area contributed by atoms with Crippen LogP contribution in [0.1, 0.15) is 27.4 Å². The van der Waals surface area contributed by atoms with Crippen LogP contribution in [0.2, 0.25) is 10.0 Å². The second kappa shape index (κ2) is 9.90. The van der Waals surface area contributed by atoms with Gasteiger partial charge in [0.2, 0.25) is 5.78 Å². The highest BCUT2D eigenvalue weighted by molar-refractivity contribution is 6.31. The molecule has 0 amide bonds. The SMILES string of the molecule is COC(=O)[C@@](F)(C(=O)c1ccccc1)[C@H](C=Cc1cccc(Cl)c1)c1cccc(Cl)c1. The number of hydrogen-bond donors (Lipinski definition) is 0. The molecule has 0 saturated carbocycles. The van der Waals surface area contributed by atoms with Gasteiger partial charge in [-0.3, -0.25) is 4.79 Å². The summed E-state index contributed by atoms with van der Waals surface area (Å²) in [5.74, 6) is -3.59. The van der Waals surface area contributed by atoms with E-state index >= 15 is 4.39 Å². The molecule has 0 aromatic heterocycles. The summed E-state index contributed by atoms with van der Waals surface area (Å²) >= 11 is 12.2. The fourth-order valence-electron chi connectivity index (χ4n) is 3.30. The Labute approximate surface area is 190 Å². The number of carbonyl (C=O) groups is 2. The van der Waals surface area contributed by atoms with E-state index in [4.69, 9.17) is 27.9 Å². The molecule has 3 aromatic rings. The lowest BCUT2D eigenvalue weighted by atomic mass is 9.78. The minimum atomic E-state index is -3.02. The average molecular weight is 457 g/mol. The molecule has 0 saturated heterocycles. The van der Waals surface area contributed by atoms with Crippen molar-refractivity contribution in [3.63, 3.8) is 0 Å². The monoisotopic (exact) mass is 456 g/mol. The van der Waals surface area contributed by atoms with Crippen LogP contribution in [0.5, 0.6) is 0 Å². The minimum Gasteiger partial charge on any atom is -0.466 e. The smallest absolute Gasteiger partial charge is 0.352 e. The van der Waals surface area contributed by atoms with Gasteiger partial charge in [-0.1, -0.05) is 90.0 Å². The number of carbonyl (C=O) groups excluding carboxylic acids is 2. The fraction of sp³-hybridized carbons (Fsp3) is 0.120. The number of hydrogen-bond acceptors (Lipinski definition) is 3. The van der Waals surface area contributed by atoms with Gasteiger partial charge in [-0.25, -0.2) is 9.18 Å². The van der Waals surface area contributed by atoms with Crippen molar-refractivity contribution >= 4 is 41.0 Å². The summed E-state index contributed by atoms with van der Waals surface area (Å²) in [4.78, 5) is 26.0. The number of alkyl halides is 1. The van der Waals surface area contributed by atoms with Gasteiger partial charge in [-0.2, -0.15) is 0 Å². The third-order valence-corrected chi connectivity index (χ3v) is 5.29. The van der Waals surface area contributed by atoms with Crippen molar-refractivity contribution in [3.8, 4) is 0 Å². The number of ketones is 1. The topological polar surface area (TPSA) is 43.4 Å². The molecule has 0 radical (unpaired) electrons. The molecule has 0 unspecified atom stereocenters. The quantitative estimate of drug-likeness (QED) is 0.230. The predicted octanol–water partition coefficient (Wildman–Crippen LogP) is 6.55. The second-order valence-electron chi connectivity index (χ2n) is 6.85. The summed E-state index contributed by atoms with van der Waals surface area (Å²) in [7, 11) is 1.05. The fourth-order valence-corrected chi connectivity index (χ4v) is 3.70. The van der Waals surface area contributed by atoms with E-state index in [-0.39, 0.29) is 5.56 Å². The third kappa shape index (κ3) is 5.04. The van der Waals surface area contributed by atoms with Crippen molar-refractivity contribution < 1.29 is 18.7 Å². The van der Waals surface area contributed by atoms with Crippen LogP contribution in [0.4, 0.5) is 4.39 Å². The first-order valence-corrected chi connectivity index (χ1v) is 10.2. The molecular weight excluding hydrogens is 438 g/mol. The molecule has 3 rings (SSSR count). The Morgan fingerprint density at radius 1 is 0.935 bits per heavy atom. The lowest BCUT2D eigenvalue weighted by Gasteiger charge is -2.29. The van der Waals surface area contributed by atoms with E-state index in [2.05, 4.69) is 0 Å². The summed E-state index contributed by atoms with van der Waals surface area (Å²) in [6.07, 6.45) is 3.06. The van der Waals surface area contributed by atoms with Crippen LogP contribution in [0.3, 0.4) is 0 Å². The Morgan fingerprint density at radius 3 is 2.19 bits per heavy atom. The van der Waals surface area contributed by atoms with Crippen LogP contribution in [0, 0.1) is 0 Å². The number of Topliss-reactive ketones (excluding diaryl/α,β-unsaturated/α-hetero) is 1. The van der Waals surface area contributed by atoms with E-state index in [9.17, 15) is 9.59 Å². The third-order valence-electron chi connectivity index (χ3n) is 4.82. The maximum Gasteiger partial charge on any atom is 0.352 e. The molecule has 6 heteroatoms. The highest BCUT2D eigenvalue weighted by atomic mass is 35.5. The van der Waals surface area contributed by atoms with Gasteiger partial charge in [0.1, 0.15) is 0 Å². The highest BCUT2D eigenvalue weighted by Crippen LogP contribution is 2.39. The molecule has 0 aliphatic rings. The summed E-state index contributed by atoms with van der Waals surface area (Å²) < 4.78 is 21.3. The number of esters is 1. The molecule has 0 bridgehead atoms. The van der Waals surface area contributed by atoms with Crippen molar-refractivity contribution in [3.05, 3.63) is 112 Å². The molecule has 2 atom stereocenters. The number of ether oxygens (including phenoxy) is 1. The molecule has 0 aliphatic carbocycles. The van der Waals surface area contributed by atoms with Gasteiger partial charge in [-0.05, 0) is 35.4 Å². The lowest BCUT2D eigenvalue weighted by molar-refractivity contribution is -0.151. The molecule has 0 spiro atoms. The van der Waals surface area contributed by atoms with Gasteiger partial charge in [0, 0.05) is 15.6 Å². The van der Waals surface area contributed by atoms with Gasteiger partial charge in [-0.15, -0.1) is 0 Å². The minimum absolute atomic E-state index is 0.0542. The Hall–Kier alpha value is -2.95. The Morgan fingerprint density at radius 2 is 1.58 bits per heavy atom. The number of methoxy groups -OCH3 is 1. The molecular formula is C25H19Cl2FO3. The summed E-state index contributed by atoms with van der Waals surface area (Å²) in [5, 5.41) is 0.847. The van der Waals surface area contributed by atoms with Crippen LogP contribution >= 0.6 is 23.2 Å². The van der Waals surface area contributed by atoms with Crippen molar-refractivity contribution in [2.45, 2.75) is 11.6 Å². The standard InChI is InChI=1S/C25H19Cl2FO3/c1-31-24(30)25(28,23(29)18-8-3-2-4-9-18)22(19-10-6-12-21(27)16-19)14-13-17-7-5-11-20(26)15-17/h2-16,22H,1H3/t22-,25+/m1/s1. The predicted molar refractivity (Wildman–Crippen MR) is 121 cm³/mol. The zero-order valence-electron chi connectivity index (χ0n) is 16.6. The van der Waals surface area contributed by atoms with Gasteiger partial charge >= 0.3 is 5.97 Å². The van der Waals surface area contributed by atoms with Crippen LogP contribution in [0.15, 0.2) is 84.9 Å². The number of rotatable bonds is 7. The highest BCUT2D eigenvalue weighted by Gasteiger charge is 2.54. The van der Waals surface area contributed by atoms with Crippen molar-refractivity contribution in [1.82, 2.24) is 0 Å². The van der Waals surface area contributed by atoms with E-state index in [1.807, 2.05) is 0 Å². The van der Waals surface area contributed by atoms with Crippen LogP contribution < -0.4 is 0 Å². The van der Waals surface area contributed by atoms with Gasteiger partial charge in [0.05, 0.1) is 13.0 Å². The Balaban J connectivity index is 2.18. The maximum absolute atomic E-state index is 16.6. The Bertz CT molecular complexity index is 1110. The normalized spacial score (nSPS) is 14.1. The zero-order chi connectivity index (χ0) is 22.4. The van der Waals surface area contributed by atoms with E-state index in [0.29, 0.717) is 21.2 Å². The molecule has 31 heavy (non-hydrogen) atoms. The molecule has 158 valence electrons. The van der Waals surface area contributed by atoms with Crippen LogP contribution in [-0.2, 0) is 9.53 Å². The zero-order valence-corrected chi connectivity index (χ0v) is 18.1. The first kappa shape index (κ1) is 22.7. The van der Waals surface area contributed by atoms with Gasteiger partial charge in [0.25, 0.3) is 5.67 Å². The van der Waals surface area contributed by atoms with Crippen LogP contribution in [0.25, 0.3) is 6.08 Å². The first-order valence-electron chi connectivity index (χ1n) is 9.42. The van der Waals surface area contributed by atoms with Crippen molar-refractivity contribution in [1.29, 1.82) is 0 Å². The number of benzene rings is 3. The Kier molecular flexibility index (Phi) is 7.26. The first-order chi connectivity index (χ1) is 14.9.